The van der Waals surface area contributed by atoms with Crippen LogP contribution >= 0.6 is 11.3 Å². The molecule has 1 saturated carbocycles. The fraction of sp³-hybridized carbons (Fsp3) is 0.800. The van der Waals surface area contributed by atoms with Crippen LogP contribution in [0, 0.1) is 11.8 Å². The molecule has 0 bridgehead atoms. The Morgan fingerprint density at radius 3 is 2.55 bits per heavy atom. The number of anilines is 1. The largest absolute Gasteiger partial charge is 0.346 e. The van der Waals surface area contributed by atoms with Crippen LogP contribution in [0.4, 0.5) is 5.13 Å². The summed E-state index contributed by atoms with van der Waals surface area (Å²) in [7, 11) is 0. The number of nitrogens with two attached hydrogens (primary N) is 1. The number of aromatic nitrogens is 1. The Balaban J connectivity index is 1.57. The Hall–Kier alpha value is -0.650. The number of thiazole rings is 1. The van der Waals surface area contributed by atoms with Crippen molar-refractivity contribution in [3.63, 3.8) is 0 Å². The van der Waals surface area contributed by atoms with Gasteiger partial charge in [0.05, 0.1) is 0 Å². The summed E-state index contributed by atoms with van der Waals surface area (Å²) < 4.78 is 0. The van der Waals surface area contributed by atoms with Crippen molar-refractivity contribution >= 4 is 16.5 Å². The minimum Gasteiger partial charge on any atom is -0.346 e. The molecule has 1 aromatic heterocycles. The first-order chi connectivity index (χ1) is 9.64. The molecule has 0 spiro atoms. The summed E-state index contributed by atoms with van der Waals surface area (Å²) in [4.78, 5) is 9.47. The van der Waals surface area contributed by atoms with Gasteiger partial charge >= 0.3 is 0 Å². The molecule has 2 heterocycles. The van der Waals surface area contributed by atoms with E-state index < -0.39 is 0 Å². The van der Waals surface area contributed by atoms with E-state index in [2.05, 4.69) is 34.0 Å². The molecule has 1 aliphatic carbocycles. The van der Waals surface area contributed by atoms with Crippen molar-refractivity contribution in [2.24, 2.45) is 17.6 Å². The highest BCUT2D eigenvalue weighted by Gasteiger charge is 2.48. The molecule has 1 aliphatic heterocycles. The van der Waals surface area contributed by atoms with Gasteiger partial charge in [0.15, 0.2) is 5.13 Å². The van der Waals surface area contributed by atoms with Gasteiger partial charge in [0.1, 0.15) is 0 Å². The zero-order chi connectivity index (χ0) is 14.2. The second kappa shape index (κ2) is 5.62. The molecular formula is C15H26N4S. The van der Waals surface area contributed by atoms with E-state index in [1.165, 1.54) is 18.0 Å². The maximum atomic E-state index is 6.13. The molecule has 0 atom stereocenters. The van der Waals surface area contributed by atoms with Gasteiger partial charge in [-0.2, -0.15) is 0 Å². The minimum atomic E-state index is 0.296. The van der Waals surface area contributed by atoms with E-state index >= 15 is 0 Å². The van der Waals surface area contributed by atoms with Crippen molar-refractivity contribution in [3.05, 3.63) is 11.6 Å². The van der Waals surface area contributed by atoms with Gasteiger partial charge in [0.25, 0.3) is 0 Å². The van der Waals surface area contributed by atoms with Crippen LogP contribution in [0.2, 0.25) is 0 Å². The quantitative estimate of drug-likeness (QED) is 0.923. The first-order valence-corrected chi connectivity index (χ1v) is 8.62. The molecule has 2 fully saturated rings. The number of nitrogens with zero attached hydrogens (tertiary/aromatic N) is 3. The number of rotatable bonds is 4. The predicted molar refractivity (Wildman–Crippen MR) is 85.2 cm³/mol. The van der Waals surface area contributed by atoms with E-state index in [0.29, 0.717) is 5.54 Å². The van der Waals surface area contributed by atoms with Crippen LogP contribution in [0.1, 0.15) is 26.7 Å². The second-order valence-corrected chi connectivity index (χ2v) is 7.50. The van der Waals surface area contributed by atoms with Gasteiger partial charge in [-0.1, -0.05) is 13.8 Å². The molecule has 3 rings (SSSR count). The van der Waals surface area contributed by atoms with Gasteiger partial charge in [0.2, 0.25) is 0 Å². The van der Waals surface area contributed by atoms with Crippen LogP contribution in [0.15, 0.2) is 11.6 Å². The van der Waals surface area contributed by atoms with Gasteiger partial charge in [-0.25, -0.2) is 4.98 Å². The molecule has 0 aromatic carbocycles. The zero-order valence-electron chi connectivity index (χ0n) is 12.6. The molecule has 0 amide bonds. The highest BCUT2D eigenvalue weighted by atomic mass is 32.1. The summed E-state index contributed by atoms with van der Waals surface area (Å²) in [6, 6.07) is 0. The van der Waals surface area contributed by atoms with Crippen molar-refractivity contribution < 1.29 is 0 Å². The molecule has 0 unspecified atom stereocenters. The van der Waals surface area contributed by atoms with Crippen molar-refractivity contribution in [1.82, 2.24) is 9.88 Å². The summed E-state index contributed by atoms with van der Waals surface area (Å²) in [6.07, 6.45) is 4.48. The van der Waals surface area contributed by atoms with Crippen LogP contribution in [-0.4, -0.2) is 48.1 Å². The Bertz CT molecular complexity index is 417. The van der Waals surface area contributed by atoms with Crippen molar-refractivity contribution in [3.8, 4) is 0 Å². The minimum absolute atomic E-state index is 0.296. The molecule has 20 heavy (non-hydrogen) atoms. The first kappa shape index (κ1) is 14.3. The topological polar surface area (TPSA) is 45.4 Å². The third kappa shape index (κ3) is 2.47. The van der Waals surface area contributed by atoms with E-state index in [0.717, 1.165) is 44.6 Å². The van der Waals surface area contributed by atoms with Gasteiger partial charge in [0, 0.05) is 49.8 Å². The lowest BCUT2D eigenvalue weighted by Crippen LogP contribution is -2.66. The average Bonchev–Trinajstić information content (AvgIpc) is 2.92. The van der Waals surface area contributed by atoms with Crippen molar-refractivity contribution in [1.29, 1.82) is 0 Å². The Morgan fingerprint density at radius 2 is 2.05 bits per heavy atom. The maximum absolute atomic E-state index is 6.13. The standard InChI is InChI=1S/C15H26N4S/c1-12(2)13-9-15(10-13,11-16)19-6-4-18(5-7-19)14-17-3-8-20-14/h3,8,12-13H,4-7,9-11,16H2,1-2H3. The third-order valence-electron chi connectivity index (χ3n) is 5.25. The van der Waals surface area contributed by atoms with E-state index in [1.54, 1.807) is 11.3 Å². The number of hydrogen-bond acceptors (Lipinski definition) is 5. The Kier molecular flexibility index (Phi) is 4.02. The molecule has 4 nitrogen and oxygen atoms in total. The van der Waals surface area contributed by atoms with Crippen molar-refractivity contribution in [2.75, 3.05) is 37.6 Å². The van der Waals surface area contributed by atoms with Crippen LogP contribution in [-0.2, 0) is 0 Å². The zero-order valence-corrected chi connectivity index (χ0v) is 13.4. The highest BCUT2D eigenvalue weighted by Crippen LogP contribution is 2.45. The second-order valence-electron chi connectivity index (χ2n) is 6.63. The van der Waals surface area contributed by atoms with Gasteiger partial charge in [-0.15, -0.1) is 11.3 Å². The van der Waals surface area contributed by atoms with Gasteiger partial charge in [-0.3, -0.25) is 4.90 Å². The first-order valence-electron chi connectivity index (χ1n) is 7.74. The van der Waals surface area contributed by atoms with E-state index in [-0.39, 0.29) is 0 Å². The lowest BCUT2D eigenvalue weighted by Gasteiger charge is -2.57. The van der Waals surface area contributed by atoms with E-state index in [4.69, 9.17) is 5.73 Å². The van der Waals surface area contributed by atoms with Crippen LogP contribution < -0.4 is 10.6 Å². The predicted octanol–water partition coefficient (Wildman–Crippen LogP) is 2.03. The third-order valence-corrected chi connectivity index (χ3v) is 6.08. The maximum Gasteiger partial charge on any atom is 0.185 e. The van der Waals surface area contributed by atoms with Crippen LogP contribution in [0.3, 0.4) is 0 Å². The Morgan fingerprint density at radius 1 is 1.35 bits per heavy atom. The van der Waals surface area contributed by atoms with E-state index in [9.17, 15) is 0 Å². The summed E-state index contributed by atoms with van der Waals surface area (Å²) >= 11 is 1.74. The average molecular weight is 294 g/mol. The molecule has 1 aromatic rings. The number of hydrogen-bond donors (Lipinski definition) is 1. The number of piperazine rings is 1. The summed E-state index contributed by atoms with van der Waals surface area (Å²) in [5.41, 5.74) is 6.42. The molecule has 2 N–H and O–H groups in total. The van der Waals surface area contributed by atoms with Gasteiger partial charge < -0.3 is 10.6 Å². The summed E-state index contributed by atoms with van der Waals surface area (Å²) in [5.74, 6) is 1.67. The van der Waals surface area contributed by atoms with Gasteiger partial charge in [-0.05, 0) is 24.7 Å². The summed E-state index contributed by atoms with van der Waals surface area (Å²) in [6.45, 7) is 9.91. The smallest absolute Gasteiger partial charge is 0.185 e. The molecule has 2 aliphatic rings. The molecule has 0 radical (unpaired) electrons. The lowest BCUT2D eigenvalue weighted by atomic mass is 9.63. The molecule has 1 saturated heterocycles. The van der Waals surface area contributed by atoms with Crippen LogP contribution in [0.5, 0.6) is 0 Å². The molecule has 5 heteroatoms. The molecular weight excluding hydrogens is 268 g/mol. The fourth-order valence-corrected chi connectivity index (χ4v) is 4.38. The SMILES string of the molecule is CC(C)C1CC(CN)(N2CCN(c3nccs3)CC2)C1. The fourth-order valence-electron chi connectivity index (χ4n) is 3.69. The highest BCUT2D eigenvalue weighted by molar-refractivity contribution is 7.13. The summed E-state index contributed by atoms with van der Waals surface area (Å²) in [5, 5.41) is 3.22. The van der Waals surface area contributed by atoms with Crippen molar-refractivity contribution in [2.45, 2.75) is 32.2 Å². The lowest BCUT2D eigenvalue weighted by molar-refractivity contribution is -0.0377. The van der Waals surface area contributed by atoms with E-state index in [1.807, 2.05) is 6.20 Å². The Labute approximate surface area is 126 Å². The monoisotopic (exact) mass is 294 g/mol. The normalized spacial score (nSPS) is 31.6. The molecule has 112 valence electrons. The van der Waals surface area contributed by atoms with Crippen LogP contribution in [0.25, 0.3) is 0 Å².